The number of benzene rings is 2. The zero-order valence-corrected chi connectivity index (χ0v) is 15.6. The van der Waals surface area contributed by atoms with Crippen LogP contribution < -0.4 is 22.1 Å². The maximum atomic E-state index is 6.20. The summed E-state index contributed by atoms with van der Waals surface area (Å²) in [5, 5.41) is 4.84. The standard InChI is InChI=1S/C22H22N6/c1-14-17-9-8-16(18(23)10-11-21(24)25)12-20(17)28-22(27(14)2)13-19(26-28)15-6-4-3-5-7-15/h3-13H,1,23-25H2,2H3/b18-10-. The van der Waals surface area contributed by atoms with Crippen LogP contribution in [0.5, 0.6) is 0 Å². The molecule has 4 rings (SSSR count). The van der Waals surface area contributed by atoms with Crippen molar-refractivity contribution < 1.29 is 0 Å². The first-order valence-electron chi connectivity index (χ1n) is 8.87. The predicted molar refractivity (Wildman–Crippen MR) is 115 cm³/mol. The summed E-state index contributed by atoms with van der Waals surface area (Å²) in [5.41, 5.74) is 23.4. The molecule has 1 aromatic heterocycles. The molecule has 0 atom stereocenters. The monoisotopic (exact) mass is 370 g/mol. The van der Waals surface area contributed by atoms with Gasteiger partial charge in [-0.1, -0.05) is 49.0 Å². The van der Waals surface area contributed by atoms with Crippen LogP contribution in [0.15, 0.2) is 79.1 Å². The molecule has 1 aliphatic heterocycles. The van der Waals surface area contributed by atoms with E-state index in [1.807, 2.05) is 65.2 Å². The van der Waals surface area contributed by atoms with Gasteiger partial charge in [0.25, 0.3) is 0 Å². The molecule has 0 saturated carbocycles. The normalized spacial score (nSPS) is 13.1. The van der Waals surface area contributed by atoms with Crippen molar-refractivity contribution in [3.63, 3.8) is 0 Å². The summed E-state index contributed by atoms with van der Waals surface area (Å²) in [6, 6.07) is 18.1. The first-order valence-corrected chi connectivity index (χ1v) is 8.87. The van der Waals surface area contributed by atoms with E-state index in [0.29, 0.717) is 5.70 Å². The van der Waals surface area contributed by atoms with Crippen LogP contribution in [0, 0.1) is 0 Å². The molecular formula is C22H22N6. The van der Waals surface area contributed by atoms with Gasteiger partial charge in [0.15, 0.2) is 0 Å². The molecule has 6 nitrogen and oxygen atoms in total. The van der Waals surface area contributed by atoms with Gasteiger partial charge in [0, 0.05) is 35.6 Å². The molecule has 0 saturated heterocycles. The number of fused-ring (bicyclic) bond motifs is 3. The number of hydrogen-bond donors (Lipinski definition) is 3. The summed E-state index contributed by atoms with van der Waals surface area (Å²) >= 11 is 0. The van der Waals surface area contributed by atoms with Crippen molar-refractivity contribution in [3.05, 3.63) is 90.3 Å². The highest BCUT2D eigenvalue weighted by molar-refractivity contribution is 5.87. The molecule has 0 bridgehead atoms. The van der Waals surface area contributed by atoms with Gasteiger partial charge < -0.3 is 22.1 Å². The zero-order chi connectivity index (χ0) is 19.8. The lowest BCUT2D eigenvalue weighted by Crippen LogP contribution is -2.24. The molecule has 0 amide bonds. The number of allylic oxidation sites excluding steroid dienone is 2. The minimum absolute atomic E-state index is 0.206. The highest BCUT2D eigenvalue weighted by atomic mass is 15.4. The fourth-order valence-electron chi connectivity index (χ4n) is 3.27. The second-order valence-corrected chi connectivity index (χ2v) is 6.69. The summed E-state index contributed by atoms with van der Waals surface area (Å²) < 4.78 is 1.93. The molecule has 2 aromatic carbocycles. The van der Waals surface area contributed by atoms with E-state index in [1.54, 1.807) is 12.2 Å². The van der Waals surface area contributed by atoms with E-state index in [1.165, 1.54) is 0 Å². The van der Waals surface area contributed by atoms with E-state index in [9.17, 15) is 0 Å². The van der Waals surface area contributed by atoms with Gasteiger partial charge in [0.1, 0.15) is 5.82 Å². The van der Waals surface area contributed by atoms with Gasteiger partial charge >= 0.3 is 0 Å². The molecule has 0 spiro atoms. The molecule has 28 heavy (non-hydrogen) atoms. The maximum Gasteiger partial charge on any atom is 0.137 e. The van der Waals surface area contributed by atoms with Crippen molar-refractivity contribution in [2.24, 2.45) is 17.2 Å². The second kappa shape index (κ2) is 6.66. The minimum atomic E-state index is 0.206. The topological polar surface area (TPSA) is 99.1 Å². The van der Waals surface area contributed by atoms with Gasteiger partial charge in [-0.25, -0.2) is 4.68 Å². The number of anilines is 1. The van der Waals surface area contributed by atoms with Crippen LogP contribution in [-0.2, 0) is 0 Å². The number of rotatable bonds is 3. The summed E-state index contributed by atoms with van der Waals surface area (Å²) in [5.74, 6) is 1.15. The average Bonchev–Trinajstić information content (AvgIpc) is 3.16. The van der Waals surface area contributed by atoms with Crippen molar-refractivity contribution in [3.8, 4) is 16.9 Å². The third-order valence-corrected chi connectivity index (χ3v) is 4.83. The highest BCUT2D eigenvalue weighted by Gasteiger charge is 2.25. The average molecular weight is 370 g/mol. The molecule has 1 aliphatic rings. The third-order valence-electron chi connectivity index (χ3n) is 4.83. The smallest absolute Gasteiger partial charge is 0.137 e. The van der Waals surface area contributed by atoms with Crippen LogP contribution >= 0.6 is 0 Å². The quantitative estimate of drug-likeness (QED) is 0.616. The Bertz CT molecular complexity index is 1120. The molecule has 0 unspecified atom stereocenters. The van der Waals surface area contributed by atoms with E-state index in [-0.39, 0.29) is 5.82 Å². The molecule has 2 heterocycles. The van der Waals surface area contributed by atoms with Crippen LogP contribution in [0.4, 0.5) is 5.82 Å². The predicted octanol–water partition coefficient (Wildman–Crippen LogP) is 3.02. The molecule has 0 aliphatic carbocycles. The second-order valence-electron chi connectivity index (χ2n) is 6.69. The van der Waals surface area contributed by atoms with Crippen LogP contribution in [0.1, 0.15) is 11.1 Å². The van der Waals surface area contributed by atoms with Crippen molar-refractivity contribution in [1.82, 2.24) is 9.78 Å². The molecule has 140 valence electrons. The van der Waals surface area contributed by atoms with Crippen molar-refractivity contribution in [1.29, 1.82) is 0 Å². The lowest BCUT2D eigenvalue weighted by atomic mass is 10.0. The van der Waals surface area contributed by atoms with Crippen LogP contribution in [0.2, 0.25) is 0 Å². The Morgan fingerprint density at radius 3 is 2.46 bits per heavy atom. The van der Waals surface area contributed by atoms with E-state index in [2.05, 4.69) is 12.6 Å². The minimum Gasteiger partial charge on any atom is -0.398 e. The SMILES string of the molecule is C=C1c2ccc(/C(N)=C/C=C(N)N)cc2-n2nc(-c3ccccc3)cc2N1C. The Kier molecular flexibility index (Phi) is 4.16. The van der Waals surface area contributed by atoms with Gasteiger partial charge in [-0.15, -0.1) is 0 Å². The molecule has 6 N–H and O–H groups in total. The number of aromatic nitrogens is 2. The lowest BCUT2D eigenvalue weighted by molar-refractivity contribution is 0.849. The Morgan fingerprint density at radius 1 is 1.00 bits per heavy atom. The van der Waals surface area contributed by atoms with Crippen molar-refractivity contribution in [2.45, 2.75) is 0 Å². The fourth-order valence-corrected chi connectivity index (χ4v) is 3.27. The molecule has 3 aromatic rings. The van der Waals surface area contributed by atoms with Gasteiger partial charge in [-0.3, -0.25) is 0 Å². The number of nitrogens with two attached hydrogens (primary N) is 3. The van der Waals surface area contributed by atoms with Gasteiger partial charge in [-0.2, -0.15) is 5.10 Å². The molecule has 0 fully saturated rings. The number of hydrogen-bond acceptors (Lipinski definition) is 5. The first kappa shape index (κ1) is 17.5. The van der Waals surface area contributed by atoms with E-state index >= 15 is 0 Å². The summed E-state index contributed by atoms with van der Waals surface area (Å²) in [7, 11) is 1.99. The largest absolute Gasteiger partial charge is 0.398 e. The summed E-state index contributed by atoms with van der Waals surface area (Å²) in [6.07, 6.45) is 3.27. The van der Waals surface area contributed by atoms with E-state index in [4.69, 9.17) is 22.3 Å². The Labute approximate surface area is 163 Å². The third kappa shape index (κ3) is 2.91. The molecular weight excluding hydrogens is 348 g/mol. The molecule has 6 heteroatoms. The van der Waals surface area contributed by atoms with Gasteiger partial charge in [0.2, 0.25) is 0 Å². The highest BCUT2D eigenvalue weighted by Crippen LogP contribution is 2.38. The Balaban J connectivity index is 1.86. The van der Waals surface area contributed by atoms with Crippen LogP contribution in [-0.4, -0.2) is 16.8 Å². The van der Waals surface area contributed by atoms with Crippen molar-refractivity contribution >= 4 is 17.2 Å². The number of nitrogens with zero attached hydrogens (tertiary/aromatic N) is 3. The van der Waals surface area contributed by atoms with E-state index in [0.717, 1.165) is 39.6 Å². The fraction of sp³-hybridized carbons (Fsp3) is 0.0455. The van der Waals surface area contributed by atoms with E-state index < -0.39 is 0 Å². The van der Waals surface area contributed by atoms with Gasteiger partial charge in [-0.05, 0) is 23.8 Å². The van der Waals surface area contributed by atoms with Crippen molar-refractivity contribution in [2.75, 3.05) is 11.9 Å². The maximum absolute atomic E-state index is 6.20. The lowest BCUT2D eigenvalue weighted by Gasteiger charge is -2.30. The zero-order valence-electron chi connectivity index (χ0n) is 15.6. The Morgan fingerprint density at radius 2 is 1.75 bits per heavy atom. The summed E-state index contributed by atoms with van der Waals surface area (Å²) in [6.45, 7) is 4.25. The van der Waals surface area contributed by atoms with Crippen LogP contribution in [0.3, 0.4) is 0 Å². The molecule has 0 radical (unpaired) electrons. The Hall–Kier alpha value is -3.93. The summed E-state index contributed by atoms with van der Waals surface area (Å²) in [4.78, 5) is 2.04. The first-order chi connectivity index (χ1) is 13.5. The van der Waals surface area contributed by atoms with Gasteiger partial charge in [0.05, 0.1) is 17.2 Å². The van der Waals surface area contributed by atoms with Crippen LogP contribution in [0.25, 0.3) is 28.3 Å².